The van der Waals surface area contributed by atoms with Crippen molar-refractivity contribution in [2.75, 3.05) is 45.0 Å². The summed E-state index contributed by atoms with van der Waals surface area (Å²) in [7, 11) is 0. The fraction of sp³-hybridized carbons (Fsp3) is 0.647. The molecule has 1 aromatic rings. The number of nitrogens with zero attached hydrogens (tertiary/aromatic N) is 2. The van der Waals surface area contributed by atoms with Crippen LogP contribution in [0.15, 0.2) is 30.3 Å². The molecule has 0 amide bonds. The SMILES string of the molecule is CC(C)CN1CCN(CC(CS)c2ccccc2)CC1. The molecule has 2 nitrogen and oxygen atoms in total. The highest BCUT2D eigenvalue weighted by Gasteiger charge is 2.20. The third kappa shape index (κ3) is 4.80. The second-order valence-corrected chi connectivity index (χ2v) is 6.65. The summed E-state index contributed by atoms with van der Waals surface area (Å²) >= 11 is 4.55. The van der Waals surface area contributed by atoms with Crippen molar-refractivity contribution in [3.63, 3.8) is 0 Å². The molecular weight excluding hydrogens is 264 g/mol. The van der Waals surface area contributed by atoms with Crippen LogP contribution in [-0.2, 0) is 0 Å². The van der Waals surface area contributed by atoms with Gasteiger partial charge in [-0.1, -0.05) is 44.2 Å². The zero-order chi connectivity index (χ0) is 14.4. The minimum absolute atomic E-state index is 0.552. The first kappa shape index (κ1) is 15.9. The van der Waals surface area contributed by atoms with E-state index in [0.29, 0.717) is 5.92 Å². The Morgan fingerprint density at radius 1 is 0.950 bits per heavy atom. The molecule has 0 aliphatic carbocycles. The van der Waals surface area contributed by atoms with E-state index in [1.54, 1.807) is 0 Å². The fourth-order valence-electron chi connectivity index (χ4n) is 2.98. The molecule has 1 atom stereocenters. The first-order valence-electron chi connectivity index (χ1n) is 7.79. The van der Waals surface area contributed by atoms with E-state index in [1.807, 2.05) is 0 Å². The van der Waals surface area contributed by atoms with Crippen molar-refractivity contribution in [2.24, 2.45) is 5.92 Å². The molecule has 0 radical (unpaired) electrons. The summed E-state index contributed by atoms with van der Waals surface area (Å²) in [5, 5.41) is 0. The van der Waals surface area contributed by atoms with E-state index < -0.39 is 0 Å². The molecule has 1 unspecified atom stereocenters. The number of hydrogen-bond donors (Lipinski definition) is 1. The van der Waals surface area contributed by atoms with Gasteiger partial charge in [-0.15, -0.1) is 0 Å². The topological polar surface area (TPSA) is 6.48 Å². The predicted octanol–water partition coefficient (Wildman–Crippen LogP) is 2.97. The molecule has 1 aliphatic heterocycles. The zero-order valence-corrected chi connectivity index (χ0v) is 13.7. The van der Waals surface area contributed by atoms with E-state index in [1.165, 1.54) is 38.3 Å². The van der Waals surface area contributed by atoms with Gasteiger partial charge in [-0.25, -0.2) is 0 Å². The van der Waals surface area contributed by atoms with Crippen molar-refractivity contribution in [1.82, 2.24) is 9.80 Å². The lowest BCUT2D eigenvalue weighted by molar-refractivity contribution is 0.119. The number of thiol groups is 1. The number of rotatable bonds is 6. The third-order valence-electron chi connectivity index (χ3n) is 4.06. The highest BCUT2D eigenvalue weighted by Crippen LogP contribution is 2.19. The lowest BCUT2D eigenvalue weighted by atomic mass is 10.00. The zero-order valence-electron chi connectivity index (χ0n) is 12.8. The molecule has 0 aromatic heterocycles. The smallest absolute Gasteiger partial charge is 0.0110 e. The molecule has 112 valence electrons. The van der Waals surface area contributed by atoms with E-state index >= 15 is 0 Å². The Kier molecular flexibility index (Phi) is 6.40. The van der Waals surface area contributed by atoms with Crippen molar-refractivity contribution >= 4 is 12.6 Å². The van der Waals surface area contributed by atoms with E-state index in [2.05, 4.69) is 66.6 Å². The van der Waals surface area contributed by atoms with Crippen LogP contribution in [0.5, 0.6) is 0 Å². The molecule has 3 heteroatoms. The van der Waals surface area contributed by atoms with Crippen molar-refractivity contribution in [2.45, 2.75) is 19.8 Å². The van der Waals surface area contributed by atoms with Crippen LogP contribution >= 0.6 is 12.6 Å². The van der Waals surface area contributed by atoms with Gasteiger partial charge in [0.1, 0.15) is 0 Å². The van der Waals surface area contributed by atoms with E-state index in [-0.39, 0.29) is 0 Å². The summed E-state index contributed by atoms with van der Waals surface area (Å²) in [6.07, 6.45) is 0. The Morgan fingerprint density at radius 2 is 1.50 bits per heavy atom. The normalized spacial score (nSPS) is 19.4. The minimum atomic E-state index is 0.552. The van der Waals surface area contributed by atoms with Gasteiger partial charge in [0.15, 0.2) is 0 Å². The molecule has 0 N–H and O–H groups in total. The van der Waals surface area contributed by atoms with Gasteiger partial charge < -0.3 is 9.80 Å². The van der Waals surface area contributed by atoms with Crippen LogP contribution in [0.3, 0.4) is 0 Å². The Morgan fingerprint density at radius 3 is 2.00 bits per heavy atom. The van der Waals surface area contributed by atoms with Crippen molar-refractivity contribution in [3.8, 4) is 0 Å². The molecule has 0 bridgehead atoms. The van der Waals surface area contributed by atoms with Gasteiger partial charge in [0.05, 0.1) is 0 Å². The second-order valence-electron chi connectivity index (χ2n) is 6.29. The van der Waals surface area contributed by atoms with Gasteiger partial charge in [0.25, 0.3) is 0 Å². The summed E-state index contributed by atoms with van der Waals surface area (Å²) in [5.41, 5.74) is 1.42. The lowest BCUT2D eigenvalue weighted by Crippen LogP contribution is -2.48. The summed E-state index contributed by atoms with van der Waals surface area (Å²) in [6.45, 7) is 11.8. The second kappa shape index (κ2) is 8.06. The van der Waals surface area contributed by atoms with Gasteiger partial charge >= 0.3 is 0 Å². The molecular formula is C17H28N2S. The van der Waals surface area contributed by atoms with Crippen LogP contribution in [0, 0.1) is 5.92 Å². The molecule has 1 saturated heterocycles. The van der Waals surface area contributed by atoms with E-state index in [4.69, 9.17) is 0 Å². The molecule has 2 rings (SSSR count). The largest absolute Gasteiger partial charge is 0.301 e. The summed E-state index contributed by atoms with van der Waals surface area (Å²) < 4.78 is 0. The number of piperazine rings is 1. The average Bonchev–Trinajstić information content (AvgIpc) is 2.47. The molecule has 1 fully saturated rings. The van der Waals surface area contributed by atoms with Crippen LogP contribution in [0.1, 0.15) is 25.3 Å². The Hall–Kier alpha value is -0.510. The minimum Gasteiger partial charge on any atom is -0.301 e. The lowest BCUT2D eigenvalue weighted by Gasteiger charge is -2.37. The standard InChI is InChI=1S/C17H28N2S/c1-15(2)12-18-8-10-19(11-9-18)13-17(14-20)16-6-4-3-5-7-16/h3-7,15,17,20H,8-14H2,1-2H3. The number of hydrogen-bond acceptors (Lipinski definition) is 3. The van der Waals surface area contributed by atoms with Crippen LogP contribution in [0.4, 0.5) is 0 Å². The maximum atomic E-state index is 4.55. The third-order valence-corrected chi connectivity index (χ3v) is 4.50. The Bertz CT molecular complexity index is 372. The number of benzene rings is 1. The average molecular weight is 292 g/mol. The highest BCUT2D eigenvalue weighted by molar-refractivity contribution is 7.80. The molecule has 0 spiro atoms. The van der Waals surface area contributed by atoms with Crippen molar-refractivity contribution in [3.05, 3.63) is 35.9 Å². The summed E-state index contributed by atoms with van der Waals surface area (Å²) in [5.74, 6) is 2.25. The van der Waals surface area contributed by atoms with Crippen LogP contribution in [0.25, 0.3) is 0 Å². The van der Waals surface area contributed by atoms with Gasteiger partial charge in [-0.05, 0) is 17.2 Å². The molecule has 20 heavy (non-hydrogen) atoms. The fourth-order valence-corrected chi connectivity index (χ4v) is 3.30. The maximum absolute atomic E-state index is 4.55. The monoisotopic (exact) mass is 292 g/mol. The van der Waals surface area contributed by atoms with E-state index in [0.717, 1.165) is 18.2 Å². The molecule has 1 aromatic carbocycles. The van der Waals surface area contributed by atoms with Crippen molar-refractivity contribution in [1.29, 1.82) is 0 Å². The molecule has 1 heterocycles. The van der Waals surface area contributed by atoms with Crippen molar-refractivity contribution < 1.29 is 0 Å². The van der Waals surface area contributed by atoms with Gasteiger partial charge in [0, 0.05) is 45.2 Å². The van der Waals surface area contributed by atoms with Gasteiger partial charge in [-0.3, -0.25) is 0 Å². The first-order valence-corrected chi connectivity index (χ1v) is 8.42. The van der Waals surface area contributed by atoms with E-state index in [9.17, 15) is 0 Å². The first-order chi connectivity index (χ1) is 9.69. The molecule has 0 saturated carbocycles. The van der Waals surface area contributed by atoms with Crippen LogP contribution in [-0.4, -0.2) is 54.8 Å². The molecule has 1 aliphatic rings. The summed E-state index contributed by atoms with van der Waals surface area (Å²) in [6, 6.07) is 10.8. The predicted molar refractivity (Wildman–Crippen MR) is 90.8 cm³/mol. The quantitative estimate of drug-likeness (QED) is 0.805. The Labute approximate surface area is 129 Å². The van der Waals surface area contributed by atoms with Gasteiger partial charge in [0.2, 0.25) is 0 Å². The highest BCUT2D eigenvalue weighted by atomic mass is 32.1. The summed E-state index contributed by atoms with van der Waals surface area (Å²) in [4.78, 5) is 5.20. The maximum Gasteiger partial charge on any atom is 0.0110 e. The van der Waals surface area contributed by atoms with Crippen LogP contribution < -0.4 is 0 Å². The van der Waals surface area contributed by atoms with Crippen LogP contribution in [0.2, 0.25) is 0 Å². The Balaban J connectivity index is 1.82. The van der Waals surface area contributed by atoms with Gasteiger partial charge in [-0.2, -0.15) is 12.6 Å².